The highest BCUT2D eigenvalue weighted by molar-refractivity contribution is 7.99. The second-order valence-corrected chi connectivity index (χ2v) is 7.09. The largest absolute Gasteiger partial charge is 0.271 e. The number of rotatable bonds is 5. The van der Waals surface area contributed by atoms with Crippen molar-refractivity contribution in [1.29, 1.82) is 0 Å². The standard InChI is InChI=1S/C17H23N3S/c18-20-17(12-21-14-6-2-1-3-7-14)15-8-4-5-13-9-10-19-11-16(13)15/h4-5,8-11,14,17,20H,1-3,6-7,12,18H2. The third-order valence-electron chi connectivity index (χ3n) is 4.34. The van der Waals surface area contributed by atoms with Crippen molar-refractivity contribution in [2.24, 2.45) is 5.84 Å². The van der Waals surface area contributed by atoms with Crippen LogP contribution in [0.4, 0.5) is 0 Å². The van der Waals surface area contributed by atoms with E-state index >= 15 is 0 Å². The summed E-state index contributed by atoms with van der Waals surface area (Å²) < 4.78 is 0. The Labute approximate surface area is 130 Å². The smallest absolute Gasteiger partial charge is 0.0557 e. The fourth-order valence-electron chi connectivity index (χ4n) is 3.13. The van der Waals surface area contributed by atoms with Crippen LogP contribution in [0.3, 0.4) is 0 Å². The summed E-state index contributed by atoms with van der Waals surface area (Å²) in [6, 6.07) is 8.64. The summed E-state index contributed by atoms with van der Waals surface area (Å²) in [5.74, 6) is 6.85. The molecule has 1 unspecified atom stereocenters. The number of pyridine rings is 1. The molecule has 1 saturated carbocycles. The molecule has 0 bridgehead atoms. The average Bonchev–Trinajstić information content (AvgIpc) is 2.56. The first kappa shape index (κ1) is 14.8. The maximum absolute atomic E-state index is 5.83. The molecule has 0 saturated heterocycles. The van der Waals surface area contributed by atoms with Crippen molar-refractivity contribution < 1.29 is 0 Å². The molecule has 1 fully saturated rings. The van der Waals surface area contributed by atoms with E-state index in [0.29, 0.717) is 0 Å². The Hall–Kier alpha value is -1.10. The number of fused-ring (bicyclic) bond motifs is 1. The molecule has 21 heavy (non-hydrogen) atoms. The molecule has 4 heteroatoms. The quantitative estimate of drug-likeness (QED) is 0.651. The van der Waals surface area contributed by atoms with Gasteiger partial charge >= 0.3 is 0 Å². The van der Waals surface area contributed by atoms with Gasteiger partial charge in [0, 0.05) is 28.8 Å². The number of nitrogens with one attached hydrogen (secondary N) is 1. The van der Waals surface area contributed by atoms with Gasteiger partial charge in [0.25, 0.3) is 0 Å². The van der Waals surface area contributed by atoms with Crippen molar-refractivity contribution in [2.75, 3.05) is 5.75 Å². The van der Waals surface area contributed by atoms with Gasteiger partial charge in [-0.15, -0.1) is 0 Å². The van der Waals surface area contributed by atoms with Crippen LogP contribution in [0.5, 0.6) is 0 Å². The van der Waals surface area contributed by atoms with E-state index in [1.165, 1.54) is 48.4 Å². The summed E-state index contributed by atoms with van der Waals surface area (Å²) >= 11 is 2.07. The van der Waals surface area contributed by atoms with Crippen molar-refractivity contribution in [3.8, 4) is 0 Å². The second-order valence-electron chi connectivity index (χ2n) is 5.76. The van der Waals surface area contributed by atoms with Crippen LogP contribution >= 0.6 is 11.8 Å². The van der Waals surface area contributed by atoms with Gasteiger partial charge in [-0.3, -0.25) is 16.3 Å². The Morgan fingerprint density at radius 2 is 2.10 bits per heavy atom. The van der Waals surface area contributed by atoms with E-state index in [-0.39, 0.29) is 6.04 Å². The number of thioether (sulfide) groups is 1. The molecule has 3 rings (SSSR count). The number of nitrogens with two attached hydrogens (primary N) is 1. The first-order chi connectivity index (χ1) is 10.4. The van der Waals surface area contributed by atoms with Crippen LogP contribution in [0, 0.1) is 0 Å². The number of hydrogen-bond acceptors (Lipinski definition) is 4. The zero-order valence-electron chi connectivity index (χ0n) is 12.3. The van der Waals surface area contributed by atoms with Gasteiger partial charge in [-0.05, 0) is 29.9 Å². The minimum atomic E-state index is 0.185. The van der Waals surface area contributed by atoms with Crippen LogP contribution in [-0.2, 0) is 0 Å². The lowest BCUT2D eigenvalue weighted by Gasteiger charge is -2.24. The molecule has 0 aliphatic heterocycles. The number of hydrazine groups is 1. The third-order valence-corrected chi connectivity index (χ3v) is 5.81. The maximum Gasteiger partial charge on any atom is 0.0557 e. The lowest BCUT2D eigenvalue weighted by atomic mass is 10.0. The predicted molar refractivity (Wildman–Crippen MR) is 91.1 cm³/mol. The predicted octanol–water partition coefficient (Wildman–Crippen LogP) is 3.81. The minimum absolute atomic E-state index is 0.185. The number of nitrogens with zero attached hydrogens (tertiary/aromatic N) is 1. The van der Waals surface area contributed by atoms with Crippen molar-refractivity contribution >= 4 is 22.5 Å². The van der Waals surface area contributed by atoms with Gasteiger partial charge < -0.3 is 0 Å². The van der Waals surface area contributed by atoms with Crippen LogP contribution in [0.2, 0.25) is 0 Å². The zero-order valence-corrected chi connectivity index (χ0v) is 13.1. The van der Waals surface area contributed by atoms with Crippen LogP contribution in [0.1, 0.15) is 43.7 Å². The van der Waals surface area contributed by atoms with Crippen LogP contribution < -0.4 is 11.3 Å². The van der Waals surface area contributed by atoms with E-state index in [0.717, 1.165) is 11.0 Å². The van der Waals surface area contributed by atoms with E-state index in [1.807, 2.05) is 12.4 Å². The molecule has 1 heterocycles. The first-order valence-corrected chi connectivity index (χ1v) is 8.84. The molecular formula is C17H23N3S. The van der Waals surface area contributed by atoms with Crippen molar-refractivity contribution in [1.82, 2.24) is 10.4 Å². The van der Waals surface area contributed by atoms with Crippen molar-refractivity contribution in [3.63, 3.8) is 0 Å². The Morgan fingerprint density at radius 3 is 2.90 bits per heavy atom. The molecule has 3 nitrogen and oxygen atoms in total. The van der Waals surface area contributed by atoms with Gasteiger partial charge in [-0.25, -0.2) is 0 Å². The van der Waals surface area contributed by atoms with Gasteiger partial charge in [0.1, 0.15) is 0 Å². The van der Waals surface area contributed by atoms with E-state index in [9.17, 15) is 0 Å². The summed E-state index contributed by atoms with van der Waals surface area (Å²) in [4.78, 5) is 4.26. The lowest BCUT2D eigenvalue weighted by molar-refractivity contribution is 0.514. The second kappa shape index (κ2) is 7.25. The molecule has 1 atom stereocenters. The monoisotopic (exact) mass is 301 g/mol. The molecular weight excluding hydrogens is 278 g/mol. The highest BCUT2D eigenvalue weighted by Crippen LogP contribution is 2.32. The highest BCUT2D eigenvalue weighted by Gasteiger charge is 2.18. The number of aromatic nitrogens is 1. The summed E-state index contributed by atoms with van der Waals surface area (Å²) in [6.45, 7) is 0. The molecule has 1 aromatic heterocycles. The van der Waals surface area contributed by atoms with Gasteiger partial charge in [-0.2, -0.15) is 11.8 Å². The van der Waals surface area contributed by atoms with Gasteiger partial charge in [-0.1, -0.05) is 37.5 Å². The summed E-state index contributed by atoms with van der Waals surface area (Å²) in [5, 5.41) is 3.24. The van der Waals surface area contributed by atoms with Crippen molar-refractivity contribution in [2.45, 2.75) is 43.4 Å². The molecule has 0 radical (unpaired) electrons. The Morgan fingerprint density at radius 1 is 1.24 bits per heavy atom. The van der Waals surface area contributed by atoms with E-state index in [1.54, 1.807) is 0 Å². The van der Waals surface area contributed by atoms with Crippen LogP contribution in [0.25, 0.3) is 10.8 Å². The van der Waals surface area contributed by atoms with E-state index in [4.69, 9.17) is 5.84 Å². The van der Waals surface area contributed by atoms with Gasteiger partial charge in [0.05, 0.1) is 6.04 Å². The summed E-state index contributed by atoms with van der Waals surface area (Å²) in [6.07, 6.45) is 10.7. The molecule has 112 valence electrons. The summed E-state index contributed by atoms with van der Waals surface area (Å²) in [7, 11) is 0. The SMILES string of the molecule is NNC(CSC1CCCCC1)c1cccc2ccncc12. The molecule has 1 aliphatic carbocycles. The normalized spacial score (nSPS) is 18.0. The van der Waals surface area contributed by atoms with Gasteiger partial charge in [0.2, 0.25) is 0 Å². The first-order valence-electron chi connectivity index (χ1n) is 7.79. The highest BCUT2D eigenvalue weighted by atomic mass is 32.2. The average molecular weight is 301 g/mol. The molecule has 3 N–H and O–H groups in total. The van der Waals surface area contributed by atoms with Gasteiger partial charge in [0.15, 0.2) is 0 Å². The fourth-order valence-corrected chi connectivity index (χ4v) is 4.54. The molecule has 2 aromatic rings. The van der Waals surface area contributed by atoms with Crippen LogP contribution in [-0.4, -0.2) is 16.0 Å². The maximum atomic E-state index is 5.83. The van der Waals surface area contributed by atoms with Crippen molar-refractivity contribution in [3.05, 3.63) is 42.2 Å². The van der Waals surface area contributed by atoms with E-state index < -0.39 is 0 Å². The molecule has 0 spiro atoms. The van der Waals surface area contributed by atoms with Crippen LogP contribution in [0.15, 0.2) is 36.7 Å². The fraction of sp³-hybridized carbons (Fsp3) is 0.471. The Bertz CT molecular complexity index is 576. The zero-order chi connectivity index (χ0) is 14.5. The summed E-state index contributed by atoms with van der Waals surface area (Å²) in [5.41, 5.74) is 4.26. The Kier molecular flexibility index (Phi) is 5.12. The number of hydrogen-bond donors (Lipinski definition) is 2. The van der Waals surface area contributed by atoms with E-state index in [2.05, 4.69) is 46.4 Å². The molecule has 1 aromatic carbocycles. The Balaban J connectivity index is 1.75. The molecule has 0 amide bonds. The molecule has 1 aliphatic rings. The lowest BCUT2D eigenvalue weighted by Crippen LogP contribution is -2.30. The minimum Gasteiger partial charge on any atom is -0.271 e. The topological polar surface area (TPSA) is 50.9 Å². The number of benzene rings is 1. The third kappa shape index (κ3) is 3.57.